The van der Waals surface area contributed by atoms with E-state index in [2.05, 4.69) is 10.6 Å². The van der Waals surface area contributed by atoms with Crippen LogP contribution < -0.4 is 10.6 Å². The lowest BCUT2D eigenvalue weighted by molar-refractivity contribution is -0.139. The van der Waals surface area contributed by atoms with Gasteiger partial charge in [0.2, 0.25) is 0 Å². The number of aliphatic carboxylic acids is 1. The monoisotopic (exact) mass is 242 g/mol. The summed E-state index contributed by atoms with van der Waals surface area (Å²) >= 11 is 0. The summed E-state index contributed by atoms with van der Waals surface area (Å²) in [6.07, 6.45) is 6.02. The molecule has 0 heterocycles. The van der Waals surface area contributed by atoms with E-state index in [1.807, 2.05) is 6.92 Å². The third kappa shape index (κ3) is 5.06. The highest BCUT2D eigenvalue weighted by Crippen LogP contribution is 2.28. The summed E-state index contributed by atoms with van der Waals surface area (Å²) < 4.78 is 0. The lowest BCUT2D eigenvalue weighted by Crippen LogP contribution is -2.46. The Morgan fingerprint density at radius 2 is 2.12 bits per heavy atom. The molecular weight excluding hydrogens is 220 g/mol. The molecule has 1 fully saturated rings. The Balaban J connectivity index is 2.14. The van der Waals surface area contributed by atoms with Crippen LogP contribution >= 0.6 is 0 Å². The summed E-state index contributed by atoms with van der Waals surface area (Å²) in [5.41, 5.74) is 0. The zero-order chi connectivity index (χ0) is 12.7. The van der Waals surface area contributed by atoms with Crippen LogP contribution in [-0.4, -0.2) is 29.7 Å². The van der Waals surface area contributed by atoms with E-state index in [1.54, 1.807) is 0 Å². The maximum atomic E-state index is 11.4. The first-order valence-corrected chi connectivity index (χ1v) is 6.40. The Hall–Kier alpha value is -1.26. The molecule has 2 amide bonds. The Labute approximate surface area is 102 Å². The number of carboxylic acids is 1. The smallest absolute Gasteiger partial charge is 0.326 e. The quantitative estimate of drug-likeness (QED) is 0.636. The van der Waals surface area contributed by atoms with Crippen LogP contribution in [0.5, 0.6) is 0 Å². The van der Waals surface area contributed by atoms with Gasteiger partial charge in [0.25, 0.3) is 0 Å². The Kier molecular flexibility index (Phi) is 5.80. The van der Waals surface area contributed by atoms with Crippen molar-refractivity contribution < 1.29 is 14.7 Å². The van der Waals surface area contributed by atoms with E-state index in [-0.39, 0.29) is 6.03 Å². The number of amides is 2. The van der Waals surface area contributed by atoms with Crippen molar-refractivity contribution in [3.05, 3.63) is 0 Å². The number of carbonyl (C=O) groups is 2. The molecule has 0 bridgehead atoms. The van der Waals surface area contributed by atoms with Crippen LogP contribution in [0.15, 0.2) is 0 Å². The molecule has 17 heavy (non-hydrogen) atoms. The standard InChI is InChI=1S/C12H22N2O3/c1-2-4-10(11(15)16)14-12(17)13-8-7-9-5-3-6-9/h9-10H,2-8H2,1H3,(H,15,16)(H2,13,14,17). The van der Waals surface area contributed by atoms with Gasteiger partial charge in [0.05, 0.1) is 0 Å². The molecule has 1 aliphatic carbocycles. The van der Waals surface area contributed by atoms with Crippen molar-refractivity contribution in [1.29, 1.82) is 0 Å². The molecule has 1 saturated carbocycles. The zero-order valence-corrected chi connectivity index (χ0v) is 10.4. The lowest BCUT2D eigenvalue weighted by Gasteiger charge is -2.25. The van der Waals surface area contributed by atoms with Gasteiger partial charge in [-0.3, -0.25) is 0 Å². The van der Waals surface area contributed by atoms with E-state index in [9.17, 15) is 9.59 Å². The van der Waals surface area contributed by atoms with Crippen LogP contribution in [0.4, 0.5) is 4.79 Å². The van der Waals surface area contributed by atoms with Crippen LogP contribution in [0.1, 0.15) is 45.4 Å². The van der Waals surface area contributed by atoms with Crippen molar-refractivity contribution in [3.63, 3.8) is 0 Å². The highest BCUT2D eigenvalue weighted by atomic mass is 16.4. The molecule has 5 nitrogen and oxygen atoms in total. The van der Waals surface area contributed by atoms with Crippen molar-refractivity contribution >= 4 is 12.0 Å². The van der Waals surface area contributed by atoms with Crippen molar-refractivity contribution in [2.75, 3.05) is 6.54 Å². The van der Waals surface area contributed by atoms with Gasteiger partial charge in [-0.2, -0.15) is 0 Å². The first-order chi connectivity index (χ1) is 8.13. The van der Waals surface area contributed by atoms with Gasteiger partial charge in [-0.05, 0) is 18.8 Å². The van der Waals surface area contributed by atoms with Crippen LogP contribution in [0.3, 0.4) is 0 Å². The third-order valence-electron chi connectivity index (χ3n) is 3.24. The molecule has 1 atom stereocenters. The first-order valence-electron chi connectivity index (χ1n) is 6.40. The van der Waals surface area contributed by atoms with Gasteiger partial charge in [-0.1, -0.05) is 32.6 Å². The Morgan fingerprint density at radius 3 is 2.59 bits per heavy atom. The normalized spacial score (nSPS) is 17.0. The fraction of sp³-hybridized carbons (Fsp3) is 0.833. The summed E-state index contributed by atoms with van der Waals surface area (Å²) in [5.74, 6) is -0.220. The molecular formula is C12H22N2O3. The van der Waals surface area contributed by atoms with E-state index in [1.165, 1.54) is 19.3 Å². The van der Waals surface area contributed by atoms with E-state index in [0.29, 0.717) is 13.0 Å². The summed E-state index contributed by atoms with van der Waals surface area (Å²) in [6, 6.07) is -1.14. The average molecular weight is 242 g/mol. The summed E-state index contributed by atoms with van der Waals surface area (Å²) in [7, 11) is 0. The second-order valence-corrected chi connectivity index (χ2v) is 4.67. The molecule has 0 aliphatic heterocycles. The zero-order valence-electron chi connectivity index (χ0n) is 10.4. The number of carboxylic acid groups (broad SMARTS) is 1. The van der Waals surface area contributed by atoms with Gasteiger partial charge in [0, 0.05) is 6.54 Å². The van der Waals surface area contributed by atoms with Gasteiger partial charge < -0.3 is 15.7 Å². The van der Waals surface area contributed by atoms with Gasteiger partial charge >= 0.3 is 12.0 Å². The van der Waals surface area contributed by atoms with Gasteiger partial charge in [-0.15, -0.1) is 0 Å². The minimum Gasteiger partial charge on any atom is -0.480 e. The number of hydrogen-bond acceptors (Lipinski definition) is 2. The largest absolute Gasteiger partial charge is 0.480 e. The van der Waals surface area contributed by atoms with Gasteiger partial charge in [-0.25, -0.2) is 9.59 Å². The third-order valence-corrected chi connectivity index (χ3v) is 3.24. The van der Waals surface area contributed by atoms with Crippen molar-refractivity contribution in [2.24, 2.45) is 5.92 Å². The van der Waals surface area contributed by atoms with E-state index in [4.69, 9.17) is 5.11 Å². The SMILES string of the molecule is CCCC(NC(=O)NCCC1CCC1)C(=O)O. The number of nitrogens with one attached hydrogen (secondary N) is 2. The summed E-state index contributed by atoms with van der Waals surface area (Å²) in [5, 5.41) is 14.1. The Bertz CT molecular complexity index is 264. The van der Waals surface area contributed by atoms with Crippen molar-refractivity contribution in [1.82, 2.24) is 10.6 Å². The molecule has 98 valence electrons. The minimum atomic E-state index is -0.971. The van der Waals surface area contributed by atoms with E-state index in [0.717, 1.165) is 18.8 Å². The van der Waals surface area contributed by atoms with Crippen LogP contribution in [0.25, 0.3) is 0 Å². The van der Waals surface area contributed by atoms with E-state index >= 15 is 0 Å². The second-order valence-electron chi connectivity index (χ2n) is 4.67. The van der Waals surface area contributed by atoms with Crippen molar-refractivity contribution in [2.45, 2.75) is 51.5 Å². The minimum absolute atomic E-state index is 0.370. The second kappa shape index (κ2) is 7.14. The summed E-state index contributed by atoms with van der Waals surface area (Å²) in [6.45, 7) is 2.53. The molecule has 0 aromatic rings. The molecule has 0 radical (unpaired) electrons. The molecule has 0 spiro atoms. The van der Waals surface area contributed by atoms with Crippen LogP contribution in [0, 0.1) is 5.92 Å². The van der Waals surface area contributed by atoms with Crippen LogP contribution in [0.2, 0.25) is 0 Å². The van der Waals surface area contributed by atoms with Crippen LogP contribution in [-0.2, 0) is 4.79 Å². The number of urea groups is 1. The maximum Gasteiger partial charge on any atom is 0.326 e. The topological polar surface area (TPSA) is 78.4 Å². The first kappa shape index (κ1) is 13.8. The maximum absolute atomic E-state index is 11.4. The molecule has 0 aromatic carbocycles. The van der Waals surface area contributed by atoms with Gasteiger partial charge in [0.1, 0.15) is 6.04 Å². The summed E-state index contributed by atoms with van der Waals surface area (Å²) in [4.78, 5) is 22.3. The molecule has 1 unspecified atom stereocenters. The average Bonchev–Trinajstić information content (AvgIpc) is 2.21. The molecule has 0 aromatic heterocycles. The highest BCUT2D eigenvalue weighted by molar-refractivity contribution is 5.82. The Morgan fingerprint density at radius 1 is 1.41 bits per heavy atom. The fourth-order valence-electron chi connectivity index (χ4n) is 1.93. The van der Waals surface area contributed by atoms with E-state index < -0.39 is 12.0 Å². The van der Waals surface area contributed by atoms with Crippen molar-refractivity contribution in [3.8, 4) is 0 Å². The molecule has 3 N–H and O–H groups in total. The molecule has 1 aliphatic rings. The number of carbonyl (C=O) groups excluding carboxylic acids is 1. The molecule has 1 rings (SSSR count). The predicted octanol–water partition coefficient (Wildman–Crippen LogP) is 1.73. The molecule has 0 saturated heterocycles. The lowest BCUT2D eigenvalue weighted by atomic mass is 9.83. The number of hydrogen-bond donors (Lipinski definition) is 3. The van der Waals surface area contributed by atoms with Gasteiger partial charge in [0.15, 0.2) is 0 Å². The predicted molar refractivity (Wildman–Crippen MR) is 64.8 cm³/mol. The molecule has 5 heteroatoms. The highest BCUT2D eigenvalue weighted by Gasteiger charge is 2.19. The fourth-order valence-corrected chi connectivity index (χ4v) is 1.93. The number of rotatable bonds is 7.